The Morgan fingerprint density at radius 2 is 1.91 bits per heavy atom. The maximum Gasteiger partial charge on any atom is 0.321 e. The molecule has 3 aliphatic rings. The highest BCUT2D eigenvalue weighted by molar-refractivity contribution is 5.78. The summed E-state index contributed by atoms with van der Waals surface area (Å²) in [5.74, 6) is 1.91. The number of nitrogens with zero attached hydrogens (tertiary/aromatic N) is 6. The fourth-order valence-corrected chi connectivity index (χ4v) is 5.75. The zero-order chi connectivity index (χ0) is 24.7. The largest absolute Gasteiger partial charge is 0.381 e. The van der Waals surface area contributed by atoms with Crippen LogP contribution in [-0.4, -0.2) is 86.3 Å². The number of carbonyl (C=O) groups is 1. The second kappa shape index (κ2) is 9.39. The van der Waals surface area contributed by atoms with Crippen molar-refractivity contribution in [1.82, 2.24) is 34.9 Å². The fourth-order valence-electron chi connectivity index (χ4n) is 5.75. The molecular formula is C25H38N8O2. The lowest BCUT2D eigenvalue weighted by molar-refractivity contribution is 0.0290. The van der Waals surface area contributed by atoms with E-state index in [2.05, 4.69) is 51.2 Å². The first kappa shape index (κ1) is 24.0. The minimum atomic E-state index is -0.484. The number of carbonyl (C=O) groups excluding carboxylic acids is 1. The molecule has 2 aromatic rings. The molecule has 5 rings (SSSR count). The minimum Gasteiger partial charge on any atom is -0.381 e. The molecule has 1 atom stereocenters. The molecule has 0 spiro atoms. The van der Waals surface area contributed by atoms with Crippen LogP contribution in [0.15, 0.2) is 6.07 Å². The lowest BCUT2D eigenvalue weighted by Gasteiger charge is -2.44. The molecule has 0 aromatic carbocycles. The molecule has 0 bridgehead atoms. The van der Waals surface area contributed by atoms with Crippen LogP contribution in [0.25, 0.3) is 0 Å². The van der Waals surface area contributed by atoms with Gasteiger partial charge >= 0.3 is 6.03 Å². The van der Waals surface area contributed by atoms with E-state index in [1.54, 1.807) is 0 Å². The van der Waals surface area contributed by atoms with Gasteiger partial charge in [0.2, 0.25) is 5.95 Å². The number of hydrogen-bond donors (Lipinski definition) is 2. The normalized spacial score (nSPS) is 22.9. The van der Waals surface area contributed by atoms with E-state index in [9.17, 15) is 4.79 Å². The highest BCUT2D eigenvalue weighted by Gasteiger charge is 2.46. The van der Waals surface area contributed by atoms with E-state index in [4.69, 9.17) is 4.74 Å². The summed E-state index contributed by atoms with van der Waals surface area (Å²) in [7, 11) is 0. The minimum absolute atomic E-state index is 0.0893. The van der Waals surface area contributed by atoms with Crippen LogP contribution >= 0.6 is 0 Å². The van der Waals surface area contributed by atoms with E-state index in [0.29, 0.717) is 24.2 Å². The molecule has 10 heteroatoms. The number of piperazine rings is 1. The molecule has 0 radical (unpaired) electrons. The van der Waals surface area contributed by atoms with E-state index in [1.807, 2.05) is 29.7 Å². The van der Waals surface area contributed by atoms with Crippen LogP contribution in [0.1, 0.15) is 56.3 Å². The van der Waals surface area contributed by atoms with Gasteiger partial charge in [-0.15, -0.1) is 0 Å². The zero-order valence-electron chi connectivity index (χ0n) is 21.6. The molecule has 0 unspecified atom stereocenters. The molecule has 2 N–H and O–H groups in total. The third kappa shape index (κ3) is 4.73. The van der Waals surface area contributed by atoms with E-state index in [-0.39, 0.29) is 12.1 Å². The molecule has 2 saturated heterocycles. The summed E-state index contributed by atoms with van der Waals surface area (Å²) >= 11 is 0. The van der Waals surface area contributed by atoms with E-state index in [1.165, 1.54) is 0 Å². The van der Waals surface area contributed by atoms with Crippen LogP contribution in [0.2, 0.25) is 0 Å². The summed E-state index contributed by atoms with van der Waals surface area (Å²) in [5, 5.41) is 10.9. The van der Waals surface area contributed by atoms with Gasteiger partial charge in [-0.05, 0) is 59.4 Å². The third-order valence-electron chi connectivity index (χ3n) is 7.73. The van der Waals surface area contributed by atoms with Crippen molar-refractivity contribution >= 4 is 17.8 Å². The van der Waals surface area contributed by atoms with E-state index < -0.39 is 5.54 Å². The first-order valence-corrected chi connectivity index (χ1v) is 12.8. The van der Waals surface area contributed by atoms with Gasteiger partial charge in [-0.1, -0.05) is 0 Å². The van der Waals surface area contributed by atoms with Gasteiger partial charge in [0.1, 0.15) is 0 Å². The second-order valence-corrected chi connectivity index (χ2v) is 10.8. The summed E-state index contributed by atoms with van der Waals surface area (Å²) in [6.07, 6.45) is 2.29. The Kier molecular flexibility index (Phi) is 6.43. The Labute approximate surface area is 207 Å². The zero-order valence-corrected chi connectivity index (χ0v) is 21.6. The second-order valence-electron chi connectivity index (χ2n) is 10.8. The SMILES string of the molecule is Cc1cc(C)nc(Nc2n[nH]c3c2CN(C(=O)N2CCN(CC4CCOCC4)C[C@@H]2C)C3(C)C)n1. The van der Waals surface area contributed by atoms with Crippen LogP contribution in [0.5, 0.6) is 0 Å². The lowest BCUT2D eigenvalue weighted by atomic mass is 9.99. The lowest BCUT2D eigenvalue weighted by Crippen LogP contribution is -2.59. The van der Waals surface area contributed by atoms with Crippen molar-refractivity contribution in [2.75, 3.05) is 44.7 Å². The van der Waals surface area contributed by atoms with Crippen molar-refractivity contribution in [3.05, 3.63) is 28.7 Å². The molecule has 2 fully saturated rings. The topological polar surface area (TPSA) is 103 Å². The maximum atomic E-state index is 13.8. The number of amides is 2. The predicted octanol–water partition coefficient (Wildman–Crippen LogP) is 3.16. The first-order valence-electron chi connectivity index (χ1n) is 12.8. The van der Waals surface area contributed by atoms with Gasteiger partial charge in [0.25, 0.3) is 0 Å². The summed E-state index contributed by atoms with van der Waals surface area (Å²) < 4.78 is 5.51. The average Bonchev–Trinajstić information content (AvgIpc) is 3.31. The van der Waals surface area contributed by atoms with Crippen LogP contribution in [0.3, 0.4) is 0 Å². The van der Waals surface area contributed by atoms with Crippen LogP contribution in [-0.2, 0) is 16.8 Å². The number of nitrogens with one attached hydrogen (secondary N) is 2. The molecule has 10 nitrogen and oxygen atoms in total. The number of rotatable bonds is 4. The number of ether oxygens (including phenoxy) is 1. The number of aromatic amines is 1. The molecule has 3 aliphatic heterocycles. The van der Waals surface area contributed by atoms with Crippen LogP contribution in [0, 0.1) is 19.8 Å². The molecular weight excluding hydrogens is 444 g/mol. The predicted molar refractivity (Wildman–Crippen MR) is 133 cm³/mol. The van der Waals surface area contributed by atoms with Gasteiger partial charge < -0.3 is 19.9 Å². The van der Waals surface area contributed by atoms with Gasteiger partial charge in [-0.3, -0.25) is 10.00 Å². The molecule has 2 aromatic heterocycles. The summed E-state index contributed by atoms with van der Waals surface area (Å²) in [5.41, 5.74) is 3.27. The Bertz CT molecular complexity index is 1060. The summed E-state index contributed by atoms with van der Waals surface area (Å²) in [4.78, 5) is 29.3. The Hall–Kier alpha value is -2.72. The first-order chi connectivity index (χ1) is 16.7. The van der Waals surface area contributed by atoms with Gasteiger partial charge in [-0.25, -0.2) is 14.8 Å². The maximum absolute atomic E-state index is 13.8. The summed E-state index contributed by atoms with van der Waals surface area (Å²) in [6.45, 7) is 16.2. The average molecular weight is 483 g/mol. The van der Waals surface area contributed by atoms with Crippen molar-refractivity contribution in [2.45, 2.75) is 65.6 Å². The van der Waals surface area contributed by atoms with Gasteiger partial charge in [0.05, 0.1) is 17.8 Å². The van der Waals surface area contributed by atoms with Crippen LogP contribution in [0.4, 0.5) is 16.6 Å². The third-order valence-corrected chi connectivity index (χ3v) is 7.73. The molecule has 5 heterocycles. The van der Waals surface area contributed by atoms with Crippen molar-refractivity contribution in [3.8, 4) is 0 Å². The number of hydrogen-bond acceptors (Lipinski definition) is 7. The molecule has 35 heavy (non-hydrogen) atoms. The number of aryl methyl sites for hydroxylation is 2. The van der Waals surface area contributed by atoms with Crippen LogP contribution < -0.4 is 5.32 Å². The highest BCUT2D eigenvalue weighted by Crippen LogP contribution is 2.41. The van der Waals surface area contributed by atoms with Gasteiger partial charge in [0, 0.05) is 62.4 Å². The molecule has 0 saturated carbocycles. The number of aromatic nitrogens is 4. The highest BCUT2D eigenvalue weighted by atomic mass is 16.5. The monoisotopic (exact) mass is 482 g/mol. The Morgan fingerprint density at radius 1 is 1.20 bits per heavy atom. The molecule has 190 valence electrons. The van der Waals surface area contributed by atoms with E-state index >= 15 is 0 Å². The molecule has 0 aliphatic carbocycles. The Morgan fingerprint density at radius 3 is 2.60 bits per heavy atom. The number of urea groups is 1. The van der Waals surface area contributed by atoms with Gasteiger partial charge in [-0.2, -0.15) is 5.10 Å². The number of anilines is 2. The Balaban J connectivity index is 1.26. The smallest absolute Gasteiger partial charge is 0.321 e. The van der Waals surface area contributed by atoms with Crippen molar-refractivity contribution in [3.63, 3.8) is 0 Å². The number of H-pyrrole nitrogens is 1. The standard InChI is InChI=1S/C25H38N8O2/c1-16-12-17(2)27-23(26-16)28-22-20-15-33(25(4,5)21(20)29-30-22)24(34)32-9-8-31(13-18(32)3)14-19-6-10-35-11-7-19/h12,18-19H,6-11,13-15H2,1-5H3,(H2,26,27,28,29,30)/t18-/m0/s1. The molecule has 2 amide bonds. The summed E-state index contributed by atoms with van der Waals surface area (Å²) in [6, 6.07) is 2.20. The number of fused-ring (bicyclic) bond motifs is 1. The van der Waals surface area contributed by atoms with E-state index in [0.717, 1.165) is 74.9 Å². The van der Waals surface area contributed by atoms with Crippen molar-refractivity contribution in [2.24, 2.45) is 5.92 Å². The fraction of sp³-hybridized carbons (Fsp3) is 0.680. The van der Waals surface area contributed by atoms with Crippen molar-refractivity contribution < 1.29 is 9.53 Å². The quantitative estimate of drug-likeness (QED) is 0.690. The van der Waals surface area contributed by atoms with Gasteiger partial charge in [0.15, 0.2) is 5.82 Å². The van der Waals surface area contributed by atoms with Crippen molar-refractivity contribution in [1.29, 1.82) is 0 Å².